The summed E-state index contributed by atoms with van der Waals surface area (Å²) in [6.07, 6.45) is 1.06. The minimum Gasteiger partial charge on any atom is -0.280 e. The number of hydrogen-bond acceptors (Lipinski definition) is 7. The van der Waals surface area contributed by atoms with Gasteiger partial charge in [-0.15, -0.1) is 0 Å². The van der Waals surface area contributed by atoms with Crippen molar-refractivity contribution in [2.75, 3.05) is 4.72 Å². The number of nitrogens with one attached hydrogen (secondary N) is 1. The van der Waals surface area contributed by atoms with Crippen LogP contribution in [-0.4, -0.2) is 21.8 Å². The Morgan fingerprint density at radius 3 is 2.23 bits per heavy atom. The van der Waals surface area contributed by atoms with Crippen molar-refractivity contribution in [3.05, 3.63) is 57.5 Å². The highest BCUT2D eigenvalue weighted by Gasteiger charge is 2.12. The van der Waals surface area contributed by atoms with Crippen molar-refractivity contribution < 1.29 is 21.8 Å². The summed E-state index contributed by atoms with van der Waals surface area (Å²) in [4.78, 5) is 9.00. The Balaban J connectivity index is 2.98. The molecule has 0 heterocycles. The fourth-order valence-electron chi connectivity index (χ4n) is 1.24. The molecule has 0 bridgehead atoms. The number of nitrogens with zero attached hydrogens (tertiary/aromatic N) is 2. The molecule has 0 radical (unpaired) electrons. The second-order valence-electron chi connectivity index (χ2n) is 3.72. The van der Waals surface area contributed by atoms with Crippen molar-refractivity contribution in [2.24, 2.45) is 0 Å². The number of anilines is 1. The summed E-state index contributed by atoms with van der Waals surface area (Å²) in [5, 5.41) is 19.5. The van der Waals surface area contributed by atoms with Gasteiger partial charge in [-0.2, -0.15) is 5.26 Å². The van der Waals surface area contributed by atoms with Crippen molar-refractivity contribution in [1.29, 1.82) is 5.26 Å². The third kappa shape index (κ3) is 5.35. The van der Waals surface area contributed by atoms with E-state index in [2.05, 4.69) is 0 Å². The molecule has 0 aliphatic rings. The third-order valence-electron chi connectivity index (χ3n) is 2.13. The summed E-state index contributed by atoms with van der Waals surface area (Å²) < 4.78 is 48.3. The molecule has 1 aromatic carbocycles. The molecular weight excluding hydrogens is 334 g/mol. The quantitative estimate of drug-likeness (QED) is 0.460. The molecule has 9 nitrogen and oxygen atoms in total. The van der Waals surface area contributed by atoms with Crippen LogP contribution in [0.25, 0.3) is 0 Å². The van der Waals surface area contributed by atoms with Crippen LogP contribution in [0.5, 0.6) is 0 Å². The van der Waals surface area contributed by atoms with E-state index in [4.69, 9.17) is 5.26 Å². The van der Waals surface area contributed by atoms with Crippen LogP contribution in [0.15, 0.2) is 52.3 Å². The summed E-state index contributed by atoms with van der Waals surface area (Å²) in [7, 11) is -7.86. The number of rotatable bonds is 6. The molecule has 0 aliphatic carbocycles. The zero-order chi connectivity index (χ0) is 16.8. The Labute approximate surface area is 126 Å². The number of nitriles is 1. The summed E-state index contributed by atoms with van der Waals surface area (Å²) >= 11 is 0. The highest BCUT2D eigenvalue weighted by atomic mass is 32.2. The van der Waals surface area contributed by atoms with Crippen molar-refractivity contribution in [1.82, 2.24) is 0 Å². The number of sulfonamides is 1. The van der Waals surface area contributed by atoms with Gasteiger partial charge in [0, 0.05) is 17.2 Å². The second-order valence-corrected chi connectivity index (χ2v) is 7.12. The maximum atomic E-state index is 11.7. The Morgan fingerprint density at radius 1 is 1.14 bits per heavy atom. The fourth-order valence-corrected chi connectivity index (χ4v) is 2.94. The molecule has 0 amide bonds. The van der Waals surface area contributed by atoms with Crippen molar-refractivity contribution in [3.63, 3.8) is 0 Å². The van der Waals surface area contributed by atoms with Gasteiger partial charge in [-0.05, 0) is 24.3 Å². The summed E-state index contributed by atoms with van der Waals surface area (Å²) in [6.45, 7) is 0. The SMILES string of the molecule is N#CC=CS(=O)(=O)c1ccc(NS(=O)(=O)C=C[N+](=O)[O-])cc1. The van der Waals surface area contributed by atoms with E-state index in [0.29, 0.717) is 10.8 Å². The van der Waals surface area contributed by atoms with Crippen LogP contribution >= 0.6 is 0 Å². The minimum absolute atomic E-state index is 0.0243. The van der Waals surface area contributed by atoms with Gasteiger partial charge in [0.2, 0.25) is 16.0 Å². The molecule has 1 rings (SSSR count). The second kappa shape index (κ2) is 6.83. The van der Waals surface area contributed by atoms with Gasteiger partial charge in [0.15, 0.2) is 0 Å². The van der Waals surface area contributed by atoms with Crippen LogP contribution in [0.2, 0.25) is 0 Å². The lowest BCUT2D eigenvalue weighted by Gasteiger charge is -2.04. The van der Waals surface area contributed by atoms with Crippen molar-refractivity contribution in [3.8, 4) is 6.07 Å². The molecule has 0 atom stereocenters. The Kier molecular flexibility index (Phi) is 5.39. The molecule has 0 aliphatic heterocycles. The van der Waals surface area contributed by atoms with E-state index in [0.717, 1.165) is 18.2 Å². The van der Waals surface area contributed by atoms with Gasteiger partial charge in [0.25, 0.3) is 10.0 Å². The van der Waals surface area contributed by atoms with E-state index in [1.807, 2.05) is 4.72 Å². The molecule has 1 N–H and O–H groups in total. The molecule has 0 spiro atoms. The van der Waals surface area contributed by atoms with Crippen LogP contribution in [0.4, 0.5) is 5.69 Å². The zero-order valence-corrected chi connectivity index (χ0v) is 12.4. The first-order valence-corrected chi connectivity index (χ1v) is 8.51. The van der Waals surface area contributed by atoms with Crippen LogP contribution in [0.1, 0.15) is 0 Å². The molecule has 11 heteroatoms. The van der Waals surface area contributed by atoms with E-state index in [1.165, 1.54) is 12.1 Å². The maximum Gasteiger partial charge on any atom is 0.261 e. The average Bonchev–Trinajstić information content (AvgIpc) is 2.43. The highest BCUT2D eigenvalue weighted by molar-refractivity contribution is 7.95. The highest BCUT2D eigenvalue weighted by Crippen LogP contribution is 2.17. The van der Waals surface area contributed by atoms with Gasteiger partial charge in [-0.25, -0.2) is 16.8 Å². The number of benzene rings is 1. The van der Waals surface area contributed by atoms with Gasteiger partial charge in [-0.3, -0.25) is 14.8 Å². The van der Waals surface area contributed by atoms with Crippen LogP contribution in [-0.2, 0) is 19.9 Å². The van der Waals surface area contributed by atoms with Crippen LogP contribution in [0, 0.1) is 21.4 Å². The van der Waals surface area contributed by atoms with Gasteiger partial charge in [0.1, 0.15) is 5.41 Å². The average molecular weight is 343 g/mol. The number of hydrogen-bond donors (Lipinski definition) is 1. The molecule has 0 saturated carbocycles. The van der Waals surface area contributed by atoms with Crippen LogP contribution in [0.3, 0.4) is 0 Å². The first-order chi connectivity index (χ1) is 10.2. The molecule has 116 valence electrons. The van der Waals surface area contributed by atoms with E-state index in [9.17, 15) is 26.9 Å². The Morgan fingerprint density at radius 2 is 1.73 bits per heavy atom. The lowest BCUT2D eigenvalue weighted by atomic mass is 10.3. The van der Waals surface area contributed by atoms with E-state index < -0.39 is 24.8 Å². The molecule has 22 heavy (non-hydrogen) atoms. The molecule has 0 fully saturated rings. The normalized spacial score (nSPS) is 12.3. The predicted molar refractivity (Wildman–Crippen MR) is 77.1 cm³/mol. The van der Waals surface area contributed by atoms with Crippen molar-refractivity contribution in [2.45, 2.75) is 4.90 Å². The largest absolute Gasteiger partial charge is 0.280 e. The fraction of sp³-hybridized carbons (Fsp3) is 0. The smallest absolute Gasteiger partial charge is 0.261 e. The Hall–Kier alpha value is -2.71. The predicted octanol–water partition coefficient (Wildman–Crippen LogP) is 0.987. The van der Waals surface area contributed by atoms with E-state index >= 15 is 0 Å². The lowest BCUT2D eigenvalue weighted by molar-refractivity contribution is -0.402. The number of allylic oxidation sites excluding steroid dienone is 1. The monoisotopic (exact) mass is 343 g/mol. The van der Waals surface area contributed by atoms with E-state index in [1.54, 1.807) is 6.07 Å². The number of sulfone groups is 1. The first kappa shape index (κ1) is 17.3. The summed E-state index contributed by atoms with van der Waals surface area (Å²) in [6, 6.07) is 6.15. The van der Waals surface area contributed by atoms with Gasteiger partial charge in [0.05, 0.1) is 15.9 Å². The first-order valence-electron chi connectivity index (χ1n) is 5.42. The minimum atomic E-state index is -4.07. The van der Waals surface area contributed by atoms with E-state index in [-0.39, 0.29) is 16.8 Å². The lowest BCUT2D eigenvalue weighted by Crippen LogP contribution is -2.09. The summed E-state index contributed by atoms with van der Waals surface area (Å²) in [5.74, 6) is 0. The van der Waals surface area contributed by atoms with Gasteiger partial charge < -0.3 is 0 Å². The molecule has 1 aromatic rings. The standard InChI is InChI=1S/C11H9N3O6S2/c12-6-1-8-21(17,18)11-4-2-10(3-5-11)13-22(19,20)9-7-14(15)16/h1-5,7-9,13H. The summed E-state index contributed by atoms with van der Waals surface area (Å²) in [5.41, 5.74) is 0.0243. The van der Waals surface area contributed by atoms with Gasteiger partial charge in [-0.1, -0.05) is 0 Å². The Bertz CT molecular complexity index is 861. The van der Waals surface area contributed by atoms with Crippen LogP contribution < -0.4 is 4.72 Å². The topological polar surface area (TPSA) is 147 Å². The number of nitro groups is 1. The maximum absolute atomic E-state index is 11.7. The molecule has 0 unspecified atom stereocenters. The zero-order valence-electron chi connectivity index (χ0n) is 10.8. The van der Waals surface area contributed by atoms with Crippen molar-refractivity contribution >= 4 is 25.5 Å². The molecule has 0 aromatic heterocycles. The van der Waals surface area contributed by atoms with Gasteiger partial charge >= 0.3 is 0 Å². The third-order valence-corrected chi connectivity index (χ3v) is 4.55. The molecule has 0 saturated heterocycles. The molecular formula is C11H9N3O6S2.